The Morgan fingerprint density at radius 1 is 1.12 bits per heavy atom. The van der Waals surface area contributed by atoms with Crippen molar-refractivity contribution in [1.82, 2.24) is 5.32 Å². The maximum absolute atomic E-state index is 3.88. The molecule has 1 aromatic rings. The van der Waals surface area contributed by atoms with Gasteiger partial charge in [-0.15, -0.1) is 0 Å². The average Bonchev–Trinajstić information content (AvgIpc) is 3.16. The molecule has 1 atom stereocenters. The van der Waals surface area contributed by atoms with Crippen LogP contribution in [0.3, 0.4) is 0 Å². The van der Waals surface area contributed by atoms with Crippen LogP contribution in [0.1, 0.15) is 49.8 Å². The van der Waals surface area contributed by atoms with Gasteiger partial charge in [0.05, 0.1) is 0 Å². The number of hydrogen-bond acceptors (Lipinski definition) is 1. The largest absolute Gasteiger partial charge is 0.307 e. The Morgan fingerprint density at radius 2 is 1.76 bits per heavy atom. The highest BCUT2D eigenvalue weighted by molar-refractivity contribution is 5.25. The number of rotatable bonds is 5. The van der Waals surface area contributed by atoms with Crippen molar-refractivity contribution in [1.29, 1.82) is 0 Å². The topological polar surface area (TPSA) is 12.0 Å². The van der Waals surface area contributed by atoms with Crippen molar-refractivity contribution in [3.05, 3.63) is 35.4 Å². The fraction of sp³-hybridized carbons (Fsp3) is 0.625. The lowest BCUT2D eigenvalue weighted by atomic mass is 10.0. The average molecular weight is 229 g/mol. The van der Waals surface area contributed by atoms with Gasteiger partial charge in [0.2, 0.25) is 0 Å². The van der Waals surface area contributed by atoms with E-state index in [1.807, 2.05) is 0 Å². The van der Waals surface area contributed by atoms with Gasteiger partial charge < -0.3 is 5.32 Å². The van der Waals surface area contributed by atoms with Gasteiger partial charge in [-0.2, -0.15) is 0 Å². The number of aryl methyl sites for hydroxylation is 1. The zero-order valence-corrected chi connectivity index (χ0v) is 10.9. The summed E-state index contributed by atoms with van der Waals surface area (Å²) in [4.78, 5) is 0. The monoisotopic (exact) mass is 229 g/mol. The van der Waals surface area contributed by atoms with E-state index in [2.05, 4.69) is 43.4 Å². The van der Waals surface area contributed by atoms with E-state index in [0.717, 1.165) is 17.9 Å². The van der Waals surface area contributed by atoms with E-state index >= 15 is 0 Å². The third kappa shape index (κ3) is 2.71. The molecule has 17 heavy (non-hydrogen) atoms. The third-order valence-electron chi connectivity index (χ3n) is 4.24. The van der Waals surface area contributed by atoms with Gasteiger partial charge in [0.25, 0.3) is 0 Å². The van der Waals surface area contributed by atoms with E-state index in [1.54, 1.807) is 0 Å². The summed E-state index contributed by atoms with van der Waals surface area (Å²) in [7, 11) is 0. The quantitative estimate of drug-likeness (QED) is 0.809. The molecule has 1 aromatic carbocycles. The van der Waals surface area contributed by atoms with Crippen LogP contribution in [-0.2, 0) is 0 Å². The lowest BCUT2D eigenvalue weighted by Crippen LogP contribution is -2.35. The molecule has 1 nitrogen and oxygen atoms in total. The van der Waals surface area contributed by atoms with Crippen LogP contribution in [0.2, 0.25) is 0 Å². The second-order valence-electron chi connectivity index (χ2n) is 6.00. The summed E-state index contributed by atoms with van der Waals surface area (Å²) in [5.74, 6) is 1.96. The Hall–Kier alpha value is -0.820. The molecule has 0 aliphatic heterocycles. The molecular formula is C16H23N. The molecule has 2 aliphatic carbocycles. The van der Waals surface area contributed by atoms with Crippen molar-refractivity contribution in [2.24, 2.45) is 11.8 Å². The third-order valence-corrected chi connectivity index (χ3v) is 4.24. The van der Waals surface area contributed by atoms with Gasteiger partial charge >= 0.3 is 0 Å². The molecule has 0 unspecified atom stereocenters. The molecule has 2 fully saturated rings. The highest BCUT2D eigenvalue weighted by Gasteiger charge is 2.41. The van der Waals surface area contributed by atoms with Crippen molar-refractivity contribution in [3.8, 4) is 0 Å². The van der Waals surface area contributed by atoms with Crippen LogP contribution < -0.4 is 5.32 Å². The zero-order valence-electron chi connectivity index (χ0n) is 10.9. The molecule has 92 valence electrons. The van der Waals surface area contributed by atoms with Crippen LogP contribution in [0.5, 0.6) is 0 Å². The number of hydrogen-bond donors (Lipinski definition) is 1. The fourth-order valence-corrected chi connectivity index (χ4v) is 2.89. The van der Waals surface area contributed by atoms with Gasteiger partial charge in [-0.1, -0.05) is 29.8 Å². The summed E-state index contributed by atoms with van der Waals surface area (Å²) in [5, 5.41) is 3.88. The first-order valence-electron chi connectivity index (χ1n) is 7.06. The van der Waals surface area contributed by atoms with E-state index in [9.17, 15) is 0 Å². The molecule has 0 aromatic heterocycles. The van der Waals surface area contributed by atoms with E-state index in [-0.39, 0.29) is 0 Å². The summed E-state index contributed by atoms with van der Waals surface area (Å²) in [6.07, 6.45) is 5.81. The maximum atomic E-state index is 3.88. The molecule has 0 amide bonds. The molecule has 0 saturated heterocycles. The molecule has 1 N–H and O–H groups in total. The van der Waals surface area contributed by atoms with Crippen LogP contribution >= 0.6 is 0 Å². The molecule has 2 aliphatic rings. The molecule has 2 saturated carbocycles. The predicted octanol–water partition coefficient (Wildman–Crippen LogP) is 3.83. The van der Waals surface area contributed by atoms with Crippen molar-refractivity contribution in [2.45, 2.75) is 51.6 Å². The van der Waals surface area contributed by atoms with Crippen LogP contribution in [0, 0.1) is 18.8 Å². The van der Waals surface area contributed by atoms with E-state index in [0.29, 0.717) is 6.04 Å². The fourth-order valence-electron chi connectivity index (χ4n) is 2.89. The minimum Gasteiger partial charge on any atom is -0.307 e. The summed E-state index contributed by atoms with van der Waals surface area (Å²) in [6, 6.07) is 10.2. The first-order valence-corrected chi connectivity index (χ1v) is 7.06. The molecule has 3 rings (SSSR count). The smallest absolute Gasteiger partial charge is 0.0294 e. The lowest BCUT2D eigenvalue weighted by Gasteiger charge is -2.23. The van der Waals surface area contributed by atoms with E-state index < -0.39 is 0 Å². The zero-order chi connectivity index (χ0) is 11.8. The van der Waals surface area contributed by atoms with Crippen LogP contribution in [0.4, 0.5) is 0 Å². The Morgan fingerprint density at radius 3 is 2.29 bits per heavy atom. The molecule has 0 bridgehead atoms. The van der Waals surface area contributed by atoms with Crippen LogP contribution in [0.15, 0.2) is 24.3 Å². The molecular weight excluding hydrogens is 206 g/mol. The second-order valence-corrected chi connectivity index (χ2v) is 6.00. The summed E-state index contributed by atoms with van der Waals surface area (Å²) >= 11 is 0. The molecule has 1 heteroatoms. The summed E-state index contributed by atoms with van der Waals surface area (Å²) < 4.78 is 0. The van der Waals surface area contributed by atoms with Crippen molar-refractivity contribution >= 4 is 0 Å². The number of benzene rings is 1. The first kappa shape index (κ1) is 11.3. The van der Waals surface area contributed by atoms with Gasteiger partial charge in [-0.3, -0.25) is 0 Å². The number of nitrogens with one attached hydrogen (secondary N) is 1. The standard InChI is InChI=1S/C16H23N/c1-11-4-3-5-15(10-11)12(2)17-16(13-6-7-13)14-8-9-14/h3-5,10,12-14,16-17H,6-9H2,1-2H3/t12-/m0/s1. The highest BCUT2D eigenvalue weighted by atomic mass is 15.0. The molecule has 0 spiro atoms. The van der Waals surface area contributed by atoms with Crippen LogP contribution in [-0.4, -0.2) is 6.04 Å². The van der Waals surface area contributed by atoms with Gasteiger partial charge in [0, 0.05) is 12.1 Å². The van der Waals surface area contributed by atoms with E-state index in [4.69, 9.17) is 0 Å². The van der Waals surface area contributed by atoms with Gasteiger partial charge in [-0.25, -0.2) is 0 Å². The van der Waals surface area contributed by atoms with Crippen molar-refractivity contribution < 1.29 is 0 Å². The minimum absolute atomic E-state index is 0.501. The predicted molar refractivity (Wildman–Crippen MR) is 72.0 cm³/mol. The molecule has 0 radical (unpaired) electrons. The normalized spacial score (nSPS) is 21.8. The van der Waals surface area contributed by atoms with Crippen molar-refractivity contribution in [2.75, 3.05) is 0 Å². The summed E-state index contributed by atoms with van der Waals surface area (Å²) in [6.45, 7) is 4.49. The summed E-state index contributed by atoms with van der Waals surface area (Å²) in [5.41, 5.74) is 2.81. The van der Waals surface area contributed by atoms with Gasteiger partial charge in [0.15, 0.2) is 0 Å². The Bertz CT molecular complexity index is 378. The second kappa shape index (κ2) is 4.45. The first-order chi connectivity index (χ1) is 8.24. The minimum atomic E-state index is 0.501. The van der Waals surface area contributed by atoms with Crippen molar-refractivity contribution in [3.63, 3.8) is 0 Å². The lowest BCUT2D eigenvalue weighted by molar-refractivity contribution is 0.377. The van der Waals surface area contributed by atoms with Gasteiger partial charge in [-0.05, 0) is 56.9 Å². The Labute approximate surface area is 105 Å². The van der Waals surface area contributed by atoms with Gasteiger partial charge in [0.1, 0.15) is 0 Å². The Kier molecular flexibility index (Phi) is 2.96. The van der Waals surface area contributed by atoms with Crippen LogP contribution in [0.25, 0.3) is 0 Å². The SMILES string of the molecule is Cc1cccc([C@H](C)NC(C2CC2)C2CC2)c1. The van der Waals surface area contributed by atoms with E-state index in [1.165, 1.54) is 36.8 Å². The maximum Gasteiger partial charge on any atom is 0.0294 e. The molecule has 0 heterocycles. The Balaban J connectivity index is 1.66. The highest BCUT2D eigenvalue weighted by Crippen LogP contribution is 2.45.